The Morgan fingerprint density at radius 1 is 1.03 bits per heavy atom. The number of carbonyl (C=O) groups is 1. The molecule has 4 nitrogen and oxygen atoms in total. The zero-order valence-corrected chi connectivity index (χ0v) is 18.5. The maximum absolute atomic E-state index is 14.1. The number of quaternary nitrogens is 1. The summed E-state index contributed by atoms with van der Waals surface area (Å²) in [6, 6.07) is 12.9. The third kappa shape index (κ3) is 4.62. The van der Waals surface area contributed by atoms with Crippen molar-refractivity contribution in [1.29, 1.82) is 0 Å². The average Bonchev–Trinajstić information content (AvgIpc) is 3.02. The van der Waals surface area contributed by atoms with E-state index in [4.69, 9.17) is 0 Å². The van der Waals surface area contributed by atoms with Crippen LogP contribution >= 0.6 is 11.3 Å². The highest BCUT2D eigenvalue weighted by Crippen LogP contribution is 2.32. The predicted octanol–water partition coefficient (Wildman–Crippen LogP) is 3.80. The molecule has 0 spiro atoms. The van der Waals surface area contributed by atoms with Gasteiger partial charge in [-0.25, -0.2) is 8.78 Å². The first-order valence-corrected chi connectivity index (χ1v) is 11.2. The lowest BCUT2D eigenvalue weighted by atomic mass is 10.1. The number of hydrogen-bond acceptors (Lipinski definition) is 3. The second-order valence-electron chi connectivity index (χ2n) is 7.89. The number of amides is 1. The van der Waals surface area contributed by atoms with E-state index in [0.717, 1.165) is 53.7 Å². The smallest absolute Gasteiger partial charge is 0.259 e. The Kier molecular flexibility index (Phi) is 6.34. The number of hydrogen-bond donors (Lipinski definition) is 2. The molecule has 0 atom stereocenters. The first-order valence-electron chi connectivity index (χ1n) is 10.4. The average molecular weight is 443 g/mol. The molecule has 1 aliphatic rings. The molecule has 1 amide bonds. The lowest BCUT2D eigenvalue weighted by Gasteiger charge is -2.34. The first-order chi connectivity index (χ1) is 14.9. The van der Waals surface area contributed by atoms with Crippen molar-refractivity contribution >= 4 is 27.9 Å². The van der Waals surface area contributed by atoms with Gasteiger partial charge in [0.05, 0.1) is 37.4 Å². The molecule has 2 aromatic carbocycles. The van der Waals surface area contributed by atoms with Crippen LogP contribution in [0.2, 0.25) is 0 Å². The maximum Gasteiger partial charge on any atom is 0.259 e. The van der Waals surface area contributed by atoms with Crippen molar-refractivity contribution in [3.8, 4) is 0 Å². The molecule has 0 bridgehead atoms. The van der Waals surface area contributed by atoms with Gasteiger partial charge >= 0.3 is 0 Å². The molecule has 1 aliphatic heterocycles. The van der Waals surface area contributed by atoms with Crippen LogP contribution in [0.3, 0.4) is 0 Å². The quantitative estimate of drug-likeness (QED) is 0.631. The van der Waals surface area contributed by atoms with Gasteiger partial charge in [-0.15, -0.1) is 11.3 Å². The third-order valence-electron chi connectivity index (χ3n) is 5.95. The SMILES string of the molecule is Cc1sc(NC(=O)c2ccccc2F)c(C[NH+]2CCN(c3ccccc3F)CC2)c1C. The third-order valence-corrected chi connectivity index (χ3v) is 7.11. The summed E-state index contributed by atoms with van der Waals surface area (Å²) in [5, 5.41) is 3.71. The van der Waals surface area contributed by atoms with Gasteiger partial charge in [0.15, 0.2) is 0 Å². The minimum atomic E-state index is -0.526. The van der Waals surface area contributed by atoms with E-state index in [1.165, 1.54) is 34.4 Å². The summed E-state index contributed by atoms with van der Waals surface area (Å²) in [6.07, 6.45) is 0. The molecule has 0 saturated carbocycles. The number of thiophene rings is 1. The lowest BCUT2D eigenvalue weighted by molar-refractivity contribution is -0.914. The molecule has 31 heavy (non-hydrogen) atoms. The summed E-state index contributed by atoms with van der Waals surface area (Å²) in [6.45, 7) is 8.17. The highest BCUT2D eigenvalue weighted by Gasteiger charge is 2.25. The molecule has 1 saturated heterocycles. The summed E-state index contributed by atoms with van der Waals surface area (Å²) in [5.74, 6) is -1.14. The highest BCUT2D eigenvalue weighted by atomic mass is 32.1. The van der Waals surface area contributed by atoms with E-state index in [0.29, 0.717) is 5.69 Å². The highest BCUT2D eigenvalue weighted by molar-refractivity contribution is 7.16. The Labute approximate surface area is 185 Å². The van der Waals surface area contributed by atoms with Gasteiger partial charge in [0.25, 0.3) is 5.91 Å². The summed E-state index contributed by atoms with van der Waals surface area (Å²) >= 11 is 1.53. The fourth-order valence-electron chi connectivity index (χ4n) is 4.00. The van der Waals surface area contributed by atoms with Gasteiger partial charge in [-0.2, -0.15) is 0 Å². The molecule has 0 unspecified atom stereocenters. The molecule has 0 radical (unpaired) electrons. The van der Waals surface area contributed by atoms with Gasteiger partial charge < -0.3 is 15.1 Å². The zero-order chi connectivity index (χ0) is 22.0. The summed E-state index contributed by atoms with van der Waals surface area (Å²) < 4.78 is 28.1. The van der Waals surface area contributed by atoms with Crippen LogP contribution in [0, 0.1) is 25.5 Å². The van der Waals surface area contributed by atoms with Gasteiger partial charge in [0, 0.05) is 10.4 Å². The fraction of sp³-hybridized carbons (Fsp3) is 0.292. The number of anilines is 2. The molecule has 4 rings (SSSR count). The molecular weight excluding hydrogens is 416 g/mol. The van der Waals surface area contributed by atoms with Gasteiger partial charge in [0.1, 0.15) is 23.2 Å². The number of piperazine rings is 1. The van der Waals surface area contributed by atoms with Crippen LogP contribution in [0.4, 0.5) is 19.5 Å². The van der Waals surface area contributed by atoms with Crippen LogP contribution in [0.25, 0.3) is 0 Å². The second kappa shape index (κ2) is 9.16. The van der Waals surface area contributed by atoms with Crippen molar-refractivity contribution in [3.63, 3.8) is 0 Å². The number of nitrogens with zero attached hydrogens (tertiary/aromatic N) is 1. The Morgan fingerprint density at radius 2 is 1.68 bits per heavy atom. The Bertz CT molecular complexity index is 1090. The Hall–Kier alpha value is -2.77. The molecule has 3 aromatic rings. The predicted molar refractivity (Wildman–Crippen MR) is 121 cm³/mol. The summed E-state index contributed by atoms with van der Waals surface area (Å²) in [7, 11) is 0. The zero-order valence-electron chi connectivity index (χ0n) is 17.7. The van der Waals surface area contributed by atoms with Crippen LogP contribution in [-0.4, -0.2) is 32.1 Å². The minimum absolute atomic E-state index is 0.0444. The summed E-state index contributed by atoms with van der Waals surface area (Å²) in [5.41, 5.74) is 2.96. The molecule has 162 valence electrons. The lowest BCUT2D eigenvalue weighted by Crippen LogP contribution is -3.13. The van der Waals surface area contributed by atoms with Crippen LogP contribution in [0.1, 0.15) is 26.4 Å². The van der Waals surface area contributed by atoms with E-state index in [2.05, 4.69) is 17.1 Å². The topological polar surface area (TPSA) is 36.8 Å². The van der Waals surface area contributed by atoms with E-state index >= 15 is 0 Å². The maximum atomic E-state index is 14.1. The number of para-hydroxylation sites is 1. The van der Waals surface area contributed by atoms with Crippen molar-refractivity contribution < 1.29 is 18.5 Å². The van der Waals surface area contributed by atoms with Crippen LogP contribution in [-0.2, 0) is 6.54 Å². The minimum Gasteiger partial charge on any atom is -0.358 e. The van der Waals surface area contributed by atoms with E-state index < -0.39 is 11.7 Å². The van der Waals surface area contributed by atoms with Gasteiger partial charge in [-0.05, 0) is 43.7 Å². The normalized spacial score (nSPS) is 14.6. The van der Waals surface area contributed by atoms with Gasteiger partial charge in [-0.1, -0.05) is 24.3 Å². The molecule has 1 fully saturated rings. The largest absolute Gasteiger partial charge is 0.358 e. The van der Waals surface area contributed by atoms with E-state index in [9.17, 15) is 13.6 Å². The fourth-order valence-corrected chi connectivity index (χ4v) is 5.08. The molecule has 2 heterocycles. The Balaban J connectivity index is 1.45. The number of carbonyl (C=O) groups excluding carboxylic acids is 1. The monoisotopic (exact) mass is 442 g/mol. The first kappa shape index (κ1) is 21.5. The van der Waals surface area contributed by atoms with E-state index in [1.54, 1.807) is 18.2 Å². The van der Waals surface area contributed by atoms with Gasteiger partial charge in [0.2, 0.25) is 0 Å². The molecule has 2 N–H and O–H groups in total. The van der Waals surface area contributed by atoms with Crippen molar-refractivity contribution in [2.45, 2.75) is 20.4 Å². The standard InChI is InChI=1S/C24H25F2N3OS/c1-16-17(2)31-24(27-23(30)18-7-3-4-8-20(18)25)19(16)15-28-11-13-29(14-12-28)22-10-6-5-9-21(22)26/h3-10H,11-15H2,1-2H3,(H,27,30)/p+1. The van der Waals surface area contributed by atoms with Crippen LogP contribution < -0.4 is 15.1 Å². The Morgan fingerprint density at radius 3 is 2.35 bits per heavy atom. The van der Waals surface area contributed by atoms with E-state index in [-0.39, 0.29) is 11.4 Å². The number of rotatable bonds is 5. The van der Waals surface area contributed by atoms with Crippen LogP contribution in [0.15, 0.2) is 48.5 Å². The number of aryl methyl sites for hydroxylation is 1. The number of benzene rings is 2. The molecule has 7 heteroatoms. The second-order valence-corrected chi connectivity index (χ2v) is 9.11. The molecule has 1 aromatic heterocycles. The van der Waals surface area contributed by atoms with Crippen molar-refractivity contribution in [2.75, 3.05) is 36.4 Å². The van der Waals surface area contributed by atoms with Crippen molar-refractivity contribution in [3.05, 3.63) is 81.7 Å². The van der Waals surface area contributed by atoms with E-state index in [1.807, 2.05) is 19.1 Å². The van der Waals surface area contributed by atoms with Crippen LogP contribution in [0.5, 0.6) is 0 Å². The van der Waals surface area contributed by atoms with Crippen molar-refractivity contribution in [2.24, 2.45) is 0 Å². The molecular formula is C24H26F2N3OS+. The summed E-state index contributed by atoms with van der Waals surface area (Å²) in [4.78, 5) is 17.3. The number of halogens is 2. The van der Waals surface area contributed by atoms with Gasteiger partial charge in [-0.3, -0.25) is 4.79 Å². The molecule has 0 aliphatic carbocycles. The van der Waals surface area contributed by atoms with Crippen molar-refractivity contribution in [1.82, 2.24) is 0 Å². The number of nitrogens with one attached hydrogen (secondary N) is 2.